The number of fused-ring (bicyclic) bond motifs is 2. The first-order valence-electron chi connectivity index (χ1n) is 22.7. The maximum atomic E-state index is 16.2. The largest absolute Gasteiger partial charge is 0.508 e. The van der Waals surface area contributed by atoms with Crippen LogP contribution in [0.2, 0.25) is 0 Å². The van der Waals surface area contributed by atoms with Crippen LogP contribution in [0, 0.1) is 25.2 Å². The lowest BCUT2D eigenvalue weighted by atomic mass is 9.89. The molecule has 12 nitrogen and oxygen atoms in total. The van der Waals surface area contributed by atoms with E-state index in [1.54, 1.807) is 54.1 Å². The Morgan fingerprint density at radius 2 is 1.45 bits per heavy atom. The van der Waals surface area contributed by atoms with Crippen LogP contribution in [0.1, 0.15) is 72.5 Å². The number of halogens is 2. The number of anilines is 3. The molecule has 1 atom stereocenters. The van der Waals surface area contributed by atoms with Gasteiger partial charge in [0, 0.05) is 111 Å². The number of benzene rings is 4. The number of hydrogen-bond donors (Lipinski definition) is 1. The van der Waals surface area contributed by atoms with Gasteiger partial charge in [-0.2, -0.15) is 14.0 Å². The highest BCUT2D eigenvalue weighted by Crippen LogP contribution is 2.40. The lowest BCUT2D eigenvalue weighted by molar-refractivity contribution is -0.160. The Kier molecular flexibility index (Phi) is 11.8. The number of phenols is 1. The molecule has 1 saturated heterocycles. The molecule has 2 aromatic heterocycles. The molecule has 67 heavy (non-hydrogen) atoms. The van der Waals surface area contributed by atoms with Crippen molar-refractivity contribution in [2.75, 3.05) is 49.6 Å². The first kappa shape index (κ1) is 44.9. The van der Waals surface area contributed by atoms with Crippen molar-refractivity contribution in [1.29, 1.82) is 5.26 Å². The summed E-state index contributed by atoms with van der Waals surface area (Å²) in [5.74, 6) is -5.69. The molecule has 0 aliphatic carbocycles. The maximum Gasteiger partial charge on any atom is 0.349 e. The second-order valence-electron chi connectivity index (χ2n) is 18.2. The molecular weight excluding hydrogens is 851 g/mol. The minimum Gasteiger partial charge on any atom is -0.508 e. The van der Waals surface area contributed by atoms with Crippen molar-refractivity contribution < 1.29 is 28.3 Å². The van der Waals surface area contributed by atoms with Gasteiger partial charge in [-0.05, 0) is 124 Å². The molecule has 3 aliphatic rings. The molecule has 6 aromatic rings. The molecule has 3 aliphatic heterocycles. The highest BCUT2D eigenvalue weighted by atomic mass is 19.3. The predicted octanol–water partition coefficient (Wildman–Crippen LogP) is 8.22. The number of nitrogens with zero attached hydrogens (tertiary/aromatic N) is 8. The van der Waals surface area contributed by atoms with Gasteiger partial charge in [-0.1, -0.05) is 36.4 Å². The number of rotatable bonds is 8. The molecule has 9 rings (SSSR count). The van der Waals surface area contributed by atoms with Gasteiger partial charge in [0.15, 0.2) is 0 Å². The van der Waals surface area contributed by atoms with Crippen molar-refractivity contribution in [3.63, 3.8) is 0 Å². The van der Waals surface area contributed by atoms with Crippen LogP contribution in [0.3, 0.4) is 0 Å². The first-order valence-corrected chi connectivity index (χ1v) is 22.7. The molecule has 0 bridgehead atoms. The number of alkyl halides is 2. The van der Waals surface area contributed by atoms with Crippen LogP contribution in [0.15, 0.2) is 97.1 Å². The lowest BCUT2D eigenvalue weighted by Gasteiger charge is -2.36. The zero-order chi connectivity index (χ0) is 47.5. The second kappa shape index (κ2) is 17.5. The summed E-state index contributed by atoms with van der Waals surface area (Å²) in [6.07, 6.45) is 0.921. The lowest BCUT2D eigenvalue weighted by Crippen LogP contribution is -2.45. The van der Waals surface area contributed by atoms with Crippen LogP contribution in [0.25, 0.3) is 11.3 Å². The second-order valence-corrected chi connectivity index (χ2v) is 18.2. The van der Waals surface area contributed by atoms with Crippen LogP contribution in [0.4, 0.5) is 25.8 Å². The summed E-state index contributed by atoms with van der Waals surface area (Å²) in [6, 6.07) is 29.5. The summed E-state index contributed by atoms with van der Waals surface area (Å²) >= 11 is 0. The number of piperazine rings is 1. The van der Waals surface area contributed by atoms with E-state index in [1.165, 1.54) is 39.6 Å². The molecule has 1 fully saturated rings. The summed E-state index contributed by atoms with van der Waals surface area (Å²) in [5.41, 5.74) is 8.57. The van der Waals surface area contributed by atoms with Gasteiger partial charge in [0.05, 0.1) is 11.3 Å². The molecule has 5 heterocycles. The van der Waals surface area contributed by atoms with E-state index >= 15 is 18.4 Å². The standard InChI is InChI=1S/C53H54F2N8O4/c1-33-25-36-9-7-8-10-38(36)32-62(33)50(65)47-27-39-31-61(52(67)53(54,55)40-11-13-41(14-12-40)60-23-21-57(4)22-24-60)20-19-37(39)26-46(47)49-29-45(34(2)59(49)6)51(66)63(42-15-17-44(64)18-16-42)48-28-43(30-56)58(5)35(48)3/h7-18,26-29,33,64H,19-25,31-32H2,1-6H3/t33-/m1/s1. The minimum atomic E-state index is -3.78. The number of phenolic OH excluding ortho intramolecular Hbond substituents is 1. The van der Waals surface area contributed by atoms with Gasteiger partial charge >= 0.3 is 5.92 Å². The van der Waals surface area contributed by atoms with E-state index in [2.05, 4.69) is 29.0 Å². The Hall–Kier alpha value is -7.24. The Balaban J connectivity index is 1.09. The third-order valence-corrected chi connectivity index (χ3v) is 14.2. The minimum absolute atomic E-state index is 0.0283. The van der Waals surface area contributed by atoms with Crippen LogP contribution in [-0.2, 0) is 50.7 Å². The zero-order valence-electron chi connectivity index (χ0n) is 38.7. The van der Waals surface area contributed by atoms with E-state index in [4.69, 9.17) is 0 Å². The van der Waals surface area contributed by atoms with E-state index < -0.39 is 11.8 Å². The third-order valence-electron chi connectivity index (χ3n) is 14.2. The molecule has 0 unspecified atom stereocenters. The highest BCUT2D eigenvalue weighted by molar-refractivity contribution is 6.13. The smallest absolute Gasteiger partial charge is 0.349 e. The van der Waals surface area contributed by atoms with E-state index in [-0.39, 0.29) is 48.7 Å². The number of aromatic hydroxyl groups is 1. The zero-order valence-corrected chi connectivity index (χ0v) is 38.7. The van der Waals surface area contributed by atoms with Crippen LogP contribution in [-0.4, -0.2) is 92.5 Å². The van der Waals surface area contributed by atoms with Gasteiger partial charge in [-0.15, -0.1) is 0 Å². The van der Waals surface area contributed by atoms with Gasteiger partial charge in [-0.3, -0.25) is 19.3 Å². The summed E-state index contributed by atoms with van der Waals surface area (Å²) in [6.45, 7) is 9.30. The van der Waals surface area contributed by atoms with Crippen molar-refractivity contribution in [1.82, 2.24) is 23.8 Å². The normalized spacial score (nSPS) is 16.3. The average Bonchev–Trinajstić information content (AvgIpc) is 3.79. The van der Waals surface area contributed by atoms with Gasteiger partial charge in [0.2, 0.25) is 0 Å². The Morgan fingerprint density at radius 3 is 2.12 bits per heavy atom. The van der Waals surface area contributed by atoms with Crippen LogP contribution in [0.5, 0.6) is 5.75 Å². The number of aromatic nitrogens is 2. The fourth-order valence-electron chi connectivity index (χ4n) is 9.82. The fourth-order valence-corrected chi connectivity index (χ4v) is 9.82. The molecule has 0 spiro atoms. The summed E-state index contributed by atoms with van der Waals surface area (Å²) in [7, 11) is 5.65. The van der Waals surface area contributed by atoms with Gasteiger partial charge < -0.3 is 33.8 Å². The Labute approximate surface area is 389 Å². The quantitative estimate of drug-likeness (QED) is 0.164. The molecule has 4 aromatic carbocycles. The van der Waals surface area contributed by atoms with Gasteiger partial charge in [-0.25, -0.2) is 0 Å². The molecular formula is C53H54F2N8O4. The summed E-state index contributed by atoms with van der Waals surface area (Å²) in [5, 5.41) is 20.1. The highest BCUT2D eigenvalue weighted by Gasteiger charge is 2.45. The van der Waals surface area contributed by atoms with E-state index in [0.29, 0.717) is 69.4 Å². The number of likely N-dealkylation sites (N-methyl/N-ethyl adjacent to an activating group) is 1. The van der Waals surface area contributed by atoms with Gasteiger partial charge in [0.1, 0.15) is 17.5 Å². The van der Waals surface area contributed by atoms with Crippen LogP contribution >= 0.6 is 0 Å². The number of hydrogen-bond acceptors (Lipinski definition) is 7. The Morgan fingerprint density at radius 1 is 0.761 bits per heavy atom. The van der Waals surface area contributed by atoms with E-state index in [9.17, 15) is 15.2 Å². The summed E-state index contributed by atoms with van der Waals surface area (Å²) in [4.78, 5) is 53.0. The maximum absolute atomic E-state index is 16.2. The van der Waals surface area contributed by atoms with E-state index in [0.717, 1.165) is 43.0 Å². The molecule has 14 heteroatoms. The molecule has 0 saturated carbocycles. The molecule has 1 N–H and O–H groups in total. The Bertz CT molecular complexity index is 2960. The number of carbonyl (C=O) groups excluding carboxylic acids is 3. The monoisotopic (exact) mass is 904 g/mol. The van der Waals surface area contributed by atoms with Crippen LogP contribution < -0.4 is 9.80 Å². The van der Waals surface area contributed by atoms with Crippen molar-refractivity contribution in [2.45, 2.75) is 58.7 Å². The molecule has 0 radical (unpaired) electrons. The number of carbonyl (C=O) groups is 3. The average molecular weight is 905 g/mol. The number of amides is 3. The van der Waals surface area contributed by atoms with Crippen molar-refractivity contribution in [3.05, 3.63) is 153 Å². The summed E-state index contributed by atoms with van der Waals surface area (Å²) < 4.78 is 36.0. The van der Waals surface area contributed by atoms with Crippen molar-refractivity contribution in [3.8, 4) is 23.1 Å². The van der Waals surface area contributed by atoms with Crippen molar-refractivity contribution in [2.24, 2.45) is 14.1 Å². The third kappa shape index (κ3) is 8.11. The predicted molar refractivity (Wildman–Crippen MR) is 254 cm³/mol. The SMILES string of the molecule is Cc1c(N(C(=O)c2cc(-c3cc4c(cc3C(=O)N3Cc5ccccc5C[C@H]3C)CN(C(=O)C(F)(F)c3ccc(N5CCN(C)CC5)cc3)CC4)n(C)c2C)c2ccc(O)cc2)cc(C#N)n1C. The van der Waals surface area contributed by atoms with Crippen molar-refractivity contribution >= 4 is 34.8 Å². The molecule has 3 amide bonds. The van der Waals surface area contributed by atoms with E-state index in [1.807, 2.05) is 61.6 Å². The topological polar surface area (TPSA) is 121 Å². The molecule has 344 valence electrons. The first-order chi connectivity index (χ1) is 32.0. The number of nitriles is 1. The fraction of sp³-hybridized carbons (Fsp3) is 0.321. The van der Waals surface area contributed by atoms with Gasteiger partial charge in [0.25, 0.3) is 17.7 Å².